The zero-order chi connectivity index (χ0) is 25.5. The Kier molecular flexibility index (Phi) is 5.24. The van der Waals surface area contributed by atoms with Gasteiger partial charge in [0.1, 0.15) is 23.2 Å². The standard InChI is InChI=1S/C23H29N3O8/c1-22(33)9-5-8-6-12(27)14(21(24)32)20(31)23(8,34)19(30)13(9)18(29)15-16(22)11(26(3)4)7-10(25-2)17(15)28/h7-9,13,19,25,28,30-31,33-34H,5-6H2,1-4H3,(H2,24,32)/t8?,9?,13?,19?,22-,23+/m1/s1. The average Bonchev–Trinajstić information content (AvgIpc) is 2.73. The normalized spacial score (nSPS) is 34.8. The Hall–Kier alpha value is -3.15. The smallest absolute Gasteiger partial charge is 0.255 e. The minimum atomic E-state index is -2.51. The van der Waals surface area contributed by atoms with E-state index in [-0.39, 0.29) is 23.2 Å². The van der Waals surface area contributed by atoms with Crippen molar-refractivity contribution in [3.05, 3.63) is 28.5 Å². The van der Waals surface area contributed by atoms with Gasteiger partial charge in [0.05, 0.1) is 22.8 Å². The molecule has 0 spiro atoms. The van der Waals surface area contributed by atoms with Crippen molar-refractivity contribution in [1.82, 2.24) is 0 Å². The van der Waals surface area contributed by atoms with Crippen LogP contribution in [0, 0.1) is 17.8 Å². The molecule has 3 aliphatic rings. The van der Waals surface area contributed by atoms with E-state index in [1.54, 1.807) is 32.1 Å². The fourth-order valence-corrected chi connectivity index (χ4v) is 6.06. The van der Waals surface area contributed by atoms with E-state index in [1.165, 1.54) is 6.92 Å². The van der Waals surface area contributed by atoms with Crippen molar-refractivity contribution in [3.8, 4) is 5.75 Å². The van der Waals surface area contributed by atoms with Crippen molar-refractivity contribution in [2.75, 3.05) is 31.4 Å². The Morgan fingerprint density at radius 1 is 1.24 bits per heavy atom. The quantitative estimate of drug-likeness (QED) is 0.222. The van der Waals surface area contributed by atoms with Gasteiger partial charge in [-0.15, -0.1) is 0 Å². The summed E-state index contributed by atoms with van der Waals surface area (Å²) in [7, 11) is 4.97. The Bertz CT molecular complexity index is 1160. The van der Waals surface area contributed by atoms with Crippen molar-refractivity contribution in [1.29, 1.82) is 0 Å². The maximum atomic E-state index is 13.8. The highest BCUT2D eigenvalue weighted by molar-refractivity contribution is 6.20. The van der Waals surface area contributed by atoms with Gasteiger partial charge in [0.25, 0.3) is 5.91 Å². The molecule has 4 unspecified atom stereocenters. The molecule has 1 amide bonds. The number of phenolic OH excluding ortho intramolecular Hbond substituents is 1. The lowest BCUT2D eigenvalue weighted by molar-refractivity contribution is -0.195. The third-order valence-corrected chi connectivity index (χ3v) is 7.77. The van der Waals surface area contributed by atoms with Gasteiger partial charge in [-0.25, -0.2) is 0 Å². The SMILES string of the molecule is CNc1cc(N(C)C)c2c(c1O)C(=O)C1C(O)[C@]3(O)C(O)=C(C(N)=O)C(=O)CC3CC1[C@@]2(C)O. The van der Waals surface area contributed by atoms with Gasteiger partial charge in [-0.3, -0.25) is 14.4 Å². The largest absolute Gasteiger partial charge is 0.508 e. The number of ketones is 2. The van der Waals surface area contributed by atoms with Crippen LogP contribution in [-0.2, 0) is 15.2 Å². The number of primary amides is 1. The lowest BCUT2D eigenvalue weighted by Gasteiger charge is -2.56. The molecule has 0 aromatic heterocycles. The summed E-state index contributed by atoms with van der Waals surface area (Å²) >= 11 is 0. The molecular formula is C23H29N3O8. The monoisotopic (exact) mass is 475 g/mol. The average molecular weight is 475 g/mol. The lowest BCUT2D eigenvalue weighted by atomic mass is 9.51. The molecule has 0 radical (unpaired) electrons. The van der Waals surface area contributed by atoms with Gasteiger partial charge in [-0.05, 0) is 19.4 Å². The number of nitrogens with one attached hydrogen (secondary N) is 1. The van der Waals surface area contributed by atoms with Crippen LogP contribution in [0.3, 0.4) is 0 Å². The number of aliphatic hydroxyl groups excluding tert-OH is 2. The number of fused-ring (bicyclic) bond motifs is 3. The molecule has 34 heavy (non-hydrogen) atoms. The molecule has 1 aromatic carbocycles. The number of aliphatic hydroxyl groups is 4. The first kappa shape index (κ1) is 24.0. The second kappa shape index (κ2) is 7.42. The number of nitrogens with zero attached hydrogens (tertiary/aromatic N) is 1. The molecule has 3 aliphatic carbocycles. The van der Waals surface area contributed by atoms with E-state index in [1.807, 2.05) is 0 Å². The van der Waals surface area contributed by atoms with Crippen molar-refractivity contribution in [3.63, 3.8) is 0 Å². The first-order valence-corrected chi connectivity index (χ1v) is 10.9. The van der Waals surface area contributed by atoms with Crippen LogP contribution in [0.2, 0.25) is 0 Å². The molecule has 4 rings (SSSR count). The van der Waals surface area contributed by atoms with Gasteiger partial charge >= 0.3 is 0 Å². The second-order valence-electron chi connectivity index (χ2n) is 9.75. The van der Waals surface area contributed by atoms with Crippen LogP contribution in [0.15, 0.2) is 17.4 Å². The fourth-order valence-electron chi connectivity index (χ4n) is 6.06. The molecule has 184 valence electrons. The molecule has 0 bridgehead atoms. The summed E-state index contributed by atoms with van der Waals surface area (Å²) in [6, 6.07) is 1.59. The summed E-state index contributed by atoms with van der Waals surface area (Å²) in [6.45, 7) is 1.45. The Balaban J connectivity index is 1.99. The molecule has 0 aliphatic heterocycles. The molecular weight excluding hydrogens is 446 g/mol. The van der Waals surface area contributed by atoms with Crippen molar-refractivity contribution in [2.45, 2.75) is 37.1 Å². The van der Waals surface area contributed by atoms with E-state index in [9.17, 15) is 39.9 Å². The topological polar surface area (TPSA) is 194 Å². The molecule has 11 heteroatoms. The van der Waals surface area contributed by atoms with Crippen LogP contribution >= 0.6 is 0 Å². The highest BCUT2D eigenvalue weighted by Crippen LogP contribution is 2.59. The van der Waals surface area contributed by atoms with E-state index in [2.05, 4.69) is 5.32 Å². The van der Waals surface area contributed by atoms with E-state index in [0.29, 0.717) is 5.69 Å². The number of Topliss-reactive ketones (excluding diaryl/α,β-unsaturated/α-hetero) is 2. The third kappa shape index (κ3) is 2.83. The van der Waals surface area contributed by atoms with Crippen molar-refractivity contribution < 1.29 is 39.9 Å². The van der Waals surface area contributed by atoms with Crippen molar-refractivity contribution in [2.24, 2.45) is 23.5 Å². The van der Waals surface area contributed by atoms with E-state index < -0.39 is 76.0 Å². The van der Waals surface area contributed by atoms with E-state index >= 15 is 0 Å². The summed E-state index contributed by atoms with van der Waals surface area (Å²) in [5, 5.41) is 58.9. The Morgan fingerprint density at radius 3 is 2.38 bits per heavy atom. The number of hydrogen-bond donors (Lipinski definition) is 7. The minimum absolute atomic E-state index is 0.125. The molecule has 8 N–H and O–H groups in total. The maximum absolute atomic E-state index is 13.8. The summed E-state index contributed by atoms with van der Waals surface area (Å²) in [4.78, 5) is 39.7. The molecule has 11 nitrogen and oxygen atoms in total. The summed E-state index contributed by atoms with van der Waals surface area (Å²) in [5.41, 5.74) is 0.742. The second-order valence-corrected chi connectivity index (χ2v) is 9.75. The summed E-state index contributed by atoms with van der Waals surface area (Å²) in [5.74, 6) is -7.82. The first-order chi connectivity index (χ1) is 15.7. The zero-order valence-electron chi connectivity index (χ0n) is 19.3. The number of amides is 1. The number of anilines is 2. The van der Waals surface area contributed by atoms with Gasteiger partial charge in [0, 0.05) is 50.7 Å². The molecule has 6 atom stereocenters. The van der Waals surface area contributed by atoms with Crippen LogP contribution in [0.4, 0.5) is 11.4 Å². The van der Waals surface area contributed by atoms with Gasteiger partial charge in [0.2, 0.25) is 0 Å². The molecule has 1 saturated carbocycles. The molecule has 0 saturated heterocycles. The number of phenols is 1. The predicted molar refractivity (Wildman–Crippen MR) is 120 cm³/mol. The van der Waals surface area contributed by atoms with Crippen LogP contribution in [0.25, 0.3) is 0 Å². The maximum Gasteiger partial charge on any atom is 0.255 e. The zero-order valence-corrected chi connectivity index (χ0v) is 19.3. The van der Waals surface area contributed by atoms with E-state index in [0.717, 1.165) is 0 Å². The van der Waals surface area contributed by atoms with Crippen LogP contribution in [0.5, 0.6) is 5.75 Å². The summed E-state index contributed by atoms with van der Waals surface area (Å²) < 4.78 is 0. The number of benzene rings is 1. The Labute approximate surface area is 195 Å². The van der Waals surface area contributed by atoms with Crippen LogP contribution in [0.1, 0.15) is 35.7 Å². The number of carbonyl (C=O) groups excluding carboxylic acids is 3. The Morgan fingerprint density at radius 2 is 1.85 bits per heavy atom. The van der Waals surface area contributed by atoms with Crippen molar-refractivity contribution >= 4 is 28.8 Å². The number of rotatable bonds is 3. The lowest BCUT2D eigenvalue weighted by Crippen LogP contribution is -2.67. The third-order valence-electron chi connectivity index (χ3n) is 7.77. The molecule has 1 fully saturated rings. The summed E-state index contributed by atoms with van der Waals surface area (Å²) in [6.07, 6.45) is -2.54. The highest BCUT2D eigenvalue weighted by atomic mass is 16.4. The molecule has 0 heterocycles. The van der Waals surface area contributed by atoms with Crippen LogP contribution in [-0.4, -0.2) is 75.9 Å². The number of carbonyl (C=O) groups is 3. The number of nitrogens with two attached hydrogens (primary N) is 1. The molecule has 1 aromatic rings. The van der Waals surface area contributed by atoms with Gasteiger partial charge in [0.15, 0.2) is 17.2 Å². The predicted octanol–water partition coefficient (Wildman–Crippen LogP) is -0.482. The van der Waals surface area contributed by atoms with Gasteiger partial charge in [-0.2, -0.15) is 0 Å². The highest BCUT2D eigenvalue weighted by Gasteiger charge is 2.66. The van der Waals surface area contributed by atoms with Crippen LogP contribution < -0.4 is 16.0 Å². The first-order valence-electron chi connectivity index (χ1n) is 10.9. The fraction of sp³-hybridized carbons (Fsp3) is 0.522. The van der Waals surface area contributed by atoms with Gasteiger partial charge in [-0.1, -0.05) is 0 Å². The van der Waals surface area contributed by atoms with Gasteiger partial charge < -0.3 is 41.5 Å². The van der Waals surface area contributed by atoms with E-state index in [4.69, 9.17) is 5.73 Å². The number of aromatic hydroxyl groups is 1. The number of hydrogen-bond acceptors (Lipinski definition) is 10. The minimum Gasteiger partial charge on any atom is -0.508 e.